The lowest BCUT2D eigenvalue weighted by Gasteiger charge is -2.07. The molecule has 0 bridgehead atoms. The number of nitrogens with zero attached hydrogens (tertiary/aromatic N) is 2. The highest BCUT2D eigenvalue weighted by Gasteiger charge is 2.16. The lowest BCUT2D eigenvalue weighted by atomic mass is 10.0. The first kappa shape index (κ1) is 42.6. The predicted molar refractivity (Wildman–Crippen MR) is 213 cm³/mol. The van der Waals surface area contributed by atoms with Crippen molar-refractivity contribution < 1.29 is 4.57 Å². The van der Waals surface area contributed by atoms with Crippen LogP contribution in [0.1, 0.15) is 224 Å². The van der Waals surface area contributed by atoms with Crippen molar-refractivity contribution in [2.24, 2.45) is 0 Å². The van der Waals surface area contributed by atoms with Gasteiger partial charge in [0.25, 0.3) is 5.82 Å². The van der Waals surface area contributed by atoms with Crippen LogP contribution in [-0.4, -0.2) is 4.57 Å². The summed E-state index contributed by atoms with van der Waals surface area (Å²) >= 11 is 0. The van der Waals surface area contributed by atoms with E-state index in [1.165, 1.54) is 224 Å². The Labute approximate surface area is 301 Å². The van der Waals surface area contributed by atoms with Crippen LogP contribution in [0.2, 0.25) is 0 Å². The van der Waals surface area contributed by atoms with Gasteiger partial charge in [0, 0.05) is 6.42 Å². The van der Waals surface area contributed by atoms with Crippen LogP contribution in [0.5, 0.6) is 0 Å². The van der Waals surface area contributed by atoms with E-state index in [2.05, 4.69) is 65.7 Å². The maximum atomic E-state index is 2.62. The third-order valence-electron chi connectivity index (χ3n) is 10.8. The number of imidazole rings is 1. The molecule has 0 amide bonds. The molecule has 1 heterocycles. The highest BCUT2D eigenvalue weighted by molar-refractivity contribution is 5.14. The van der Waals surface area contributed by atoms with Crippen molar-refractivity contribution in [3.05, 3.63) is 54.1 Å². The van der Waals surface area contributed by atoms with Gasteiger partial charge < -0.3 is 0 Å². The van der Waals surface area contributed by atoms with Crippen LogP contribution in [0.3, 0.4) is 0 Å². The van der Waals surface area contributed by atoms with Gasteiger partial charge in [0.1, 0.15) is 12.4 Å². The van der Waals surface area contributed by atoms with E-state index in [1.807, 2.05) is 0 Å². The molecule has 0 aliphatic carbocycles. The van der Waals surface area contributed by atoms with Gasteiger partial charge in [-0.05, 0) is 37.7 Å². The first-order valence-corrected chi connectivity index (χ1v) is 22.0. The van der Waals surface area contributed by atoms with Crippen LogP contribution >= 0.6 is 0 Å². The summed E-state index contributed by atoms with van der Waals surface area (Å²) in [6.45, 7) is 6.97. The molecule has 276 valence electrons. The molecule has 0 N–H and O–H groups in total. The van der Waals surface area contributed by atoms with Crippen LogP contribution in [0.15, 0.2) is 42.7 Å². The molecule has 1 aromatic heterocycles. The topological polar surface area (TPSA) is 8.81 Å². The van der Waals surface area contributed by atoms with Crippen LogP contribution in [0, 0.1) is 0 Å². The van der Waals surface area contributed by atoms with Gasteiger partial charge in [-0.2, -0.15) is 0 Å². The first-order valence-electron chi connectivity index (χ1n) is 22.0. The number of aryl methyl sites for hydroxylation is 3. The fourth-order valence-electron chi connectivity index (χ4n) is 7.60. The Hall–Kier alpha value is -1.57. The van der Waals surface area contributed by atoms with Gasteiger partial charge in [-0.1, -0.05) is 218 Å². The van der Waals surface area contributed by atoms with Gasteiger partial charge in [0.2, 0.25) is 0 Å². The van der Waals surface area contributed by atoms with Gasteiger partial charge in [-0.25, -0.2) is 9.13 Å². The maximum absolute atomic E-state index is 2.62. The summed E-state index contributed by atoms with van der Waals surface area (Å²) in [6, 6.07) is 11.0. The smallest absolute Gasteiger partial charge is 0.234 e. The predicted octanol–water partition coefficient (Wildman–Crippen LogP) is 14.7. The summed E-state index contributed by atoms with van der Waals surface area (Å²) in [7, 11) is 0. The molecule has 48 heavy (non-hydrogen) atoms. The monoisotopic (exact) mass is 664 g/mol. The molecule has 0 saturated carbocycles. The number of unbranched alkanes of at least 4 members (excludes halogenated alkanes) is 28. The third-order valence-corrected chi connectivity index (χ3v) is 10.8. The van der Waals surface area contributed by atoms with Crippen molar-refractivity contribution >= 4 is 0 Å². The number of benzene rings is 1. The van der Waals surface area contributed by atoms with Crippen LogP contribution < -0.4 is 4.57 Å². The normalized spacial score (nSPS) is 11.5. The van der Waals surface area contributed by atoms with Crippen LogP contribution in [0.25, 0.3) is 0 Å². The highest BCUT2D eigenvalue weighted by atomic mass is 15.1. The van der Waals surface area contributed by atoms with Crippen molar-refractivity contribution in [1.82, 2.24) is 4.57 Å². The Bertz CT molecular complexity index is 915. The van der Waals surface area contributed by atoms with E-state index in [0.29, 0.717) is 0 Å². The van der Waals surface area contributed by atoms with Crippen molar-refractivity contribution in [2.45, 2.75) is 239 Å². The highest BCUT2D eigenvalue weighted by Crippen LogP contribution is 2.16. The first-order chi connectivity index (χ1) is 23.8. The molecule has 1 aromatic carbocycles. The standard InChI is InChI=1S/C46H83N2/c1-3-5-7-9-11-13-15-17-18-19-20-22-24-26-28-30-35-41-47-43-44-48(42-36-39-45-37-32-31-33-38-45)46(47)40-34-29-27-25-23-21-16-14-12-10-8-6-4-2/h31-33,37-38,43-44H,3-30,34-36,39-42H2,1-2H3/q+1. The molecule has 2 heteroatoms. The second-order valence-corrected chi connectivity index (χ2v) is 15.3. The maximum Gasteiger partial charge on any atom is 0.256 e. The molecule has 0 spiro atoms. The second-order valence-electron chi connectivity index (χ2n) is 15.3. The molecule has 0 atom stereocenters. The number of hydrogen-bond acceptors (Lipinski definition) is 0. The van der Waals surface area contributed by atoms with Gasteiger partial charge in [-0.3, -0.25) is 0 Å². The molecule has 0 fully saturated rings. The lowest BCUT2D eigenvalue weighted by molar-refractivity contribution is -0.704. The molecular formula is C46H83N2+. The van der Waals surface area contributed by atoms with Crippen LogP contribution in [-0.2, 0) is 25.9 Å². The lowest BCUT2D eigenvalue weighted by Crippen LogP contribution is -2.37. The van der Waals surface area contributed by atoms with E-state index in [-0.39, 0.29) is 0 Å². The molecular weight excluding hydrogens is 581 g/mol. The molecule has 2 nitrogen and oxygen atoms in total. The third kappa shape index (κ3) is 23.7. The molecule has 0 aliphatic rings. The van der Waals surface area contributed by atoms with Crippen molar-refractivity contribution in [3.8, 4) is 0 Å². The molecule has 0 unspecified atom stereocenters. The van der Waals surface area contributed by atoms with E-state index >= 15 is 0 Å². The van der Waals surface area contributed by atoms with Gasteiger partial charge in [0.15, 0.2) is 0 Å². The molecule has 2 aromatic rings. The van der Waals surface area contributed by atoms with Crippen molar-refractivity contribution in [2.75, 3.05) is 0 Å². The van der Waals surface area contributed by atoms with E-state index in [4.69, 9.17) is 0 Å². The minimum atomic E-state index is 1.15. The summed E-state index contributed by atoms with van der Waals surface area (Å²) in [5, 5.41) is 0. The number of hydrogen-bond donors (Lipinski definition) is 0. The van der Waals surface area contributed by atoms with Crippen LogP contribution in [0.4, 0.5) is 0 Å². The van der Waals surface area contributed by atoms with Gasteiger partial charge >= 0.3 is 0 Å². The Balaban J connectivity index is 1.57. The summed E-state index contributed by atoms with van der Waals surface area (Å²) in [4.78, 5) is 0. The fourth-order valence-corrected chi connectivity index (χ4v) is 7.60. The number of rotatable bonds is 36. The summed E-state index contributed by atoms with van der Waals surface area (Å²) in [6.07, 6.45) is 51.5. The largest absolute Gasteiger partial charge is 0.256 e. The van der Waals surface area contributed by atoms with E-state index in [1.54, 1.807) is 5.82 Å². The average molecular weight is 664 g/mol. The summed E-state index contributed by atoms with van der Waals surface area (Å²) < 4.78 is 5.21. The zero-order valence-electron chi connectivity index (χ0n) is 32.7. The molecule has 0 saturated heterocycles. The zero-order chi connectivity index (χ0) is 34.0. The summed E-state index contributed by atoms with van der Waals surface area (Å²) in [5.41, 5.74) is 1.47. The Morgan fingerprint density at radius 1 is 0.417 bits per heavy atom. The molecule has 2 rings (SSSR count). The van der Waals surface area contributed by atoms with E-state index < -0.39 is 0 Å². The minimum absolute atomic E-state index is 1.15. The van der Waals surface area contributed by atoms with Crippen molar-refractivity contribution in [1.29, 1.82) is 0 Å². The Kier molecular flexibility index (Phi) is 29.0. The van der Waals surface area contributed by atoms with Gasteiger partial charge in [-0.15, -0.1) is 0 Å². The zero-order valence-corrected chi connectivity index (χ0v) is 32.7. The van der Waals surface area contributed by atoms with Gasteiger partial charge in [0.05, 0.1) is 13.1 Å². The average Bonchev–Trinajstić information content (AvgIpc) is 3.49. The minimum Gasteiger partial charge on any atom is -0.234 e. The van der Waals surface area contributed by atoms with Crippen molar-refractivity contribution in [3.63, 3.8) is 0 Å². The molecule has 0 aliphatic heterocycles. The SMILES string of the molecule is CCCCCCCCCCCCCCCCCCCn1cc[n+](CCCc2ccccc2)c1CCCCCCCCCCCCCCC. The fraction of sp³-hybridized carbons (Fsp3) is 0.804. The van der Waals surface area contributed by atoms with E-state index in [9.17, 15) is 0 Å². The summed E-state index contributed by atoms with van der Waals surface area (Å²) in [5.74, 6) is 1.59. The Morgan fingerprint density at radius 3 is 1.25 bits per heavy atom. The molecule has 0 radical (unpaired) electrons. The number of aromatic nitrogens is 2. The quantitative estimate of drug-likeness (QED) is 0.0507. The second kappa shape index (κ2) is 32.6. The van der Waals surface area contributed by atoms with E-state index in [0.717, 1.165) is 6.54 Å². The Morgan fingerprint density at radius 2 is 0.812 bits per heavy atom.